The number of pyridine rings is 2. The summed E-state index contributed by atoms with van der Waals surface area (Å²) in [7, 11) is 1.51. The molecule has 3 fully saturated rings. The van der Waals surface area contributed by atoms with Crippen molar-refractivity contribution in [2.45, 2.75) is 82.5 Å². The van der Waals surface area contributed by atoms with E-state index in [1.54, 1.807) is 42.0 Å². The highest BCUT2D eigenvalue weighted by Gasteiger charge is 2.49. The van der Waals surface area contributed by atoms with Crippen LogP contribution in [-0.2, 0) is 17.7 Å². The van der Waals surface area contributed by atoms with Crippen LogP contribution < -0.4 is 15.2 Å². The highest BCUT2D eigenvalue weighted by molar-refractivity contribution is 6.02. The number of hydrogen-bond donors (Lipinski definition) is 2. The Morgan fingerprint density at radius 2 is 1.92 bits per heavy atom. The molecule has 3 aliphatic heterocycles. The van der Waals surface area contributed by atoms with Crippen molar-refractivity contribution in [1.29, 1.82) is 0 Å². The summed E-state index contributed by atoms with van der Waals surface area (Å²) in [5.41, 5.74) is -0.220. The fourth-order valence-corrected chi connectivity index (χ4v) is 8.70. The van der Waals surface area contributed by atoms with E-state index in [1.807, 2.05) is 11.8 Å². The van der Waals surface area contributed by atoms with Crippen molar-refractivity contribution in [3.8, 4) is 17.0 Å². The summed E-state index contributed by atoms with van der Waals surface area (Å²) < 4.78 is 45.3. The summed E-state index contributed by atoms with van der Waals surface area (Å²) in [5.74, 6) is -0.656. The molecule has 7 rings (SSSR count). The summed E-state index contributed by atoms with van der Waals surface area (Å²) >= 11 is 0. The first-order valence-corrected chi connectivity index (χ1v) is 17.0. The van der Waals surface area contributed by atoms with Crippen LogP contribution in [0.1, 0.15) is 57.9 Å². The Bertz CT molecular complexity index is 1930. The number of aryl methyl sites for hydroxylation is 1. The van der Waals surface area contributed by atoms with Crippen LogP contribution in [-0.4, -0.2) is 82.0 Å². The van der Waals surface area contributed by atoms with E-state index < -0.39 is 17.2 Å². The molecule has 2 aromatic heterocycles. The fraction of sp³-hybridized carbons (Fsp3) is 0.514. The minimum Gasteiger partial charge on any atom is -0.468 e. The summed E-state index contributed by atoms with van der Waals surface area (Å²) in [4.78, 5) is 23.2. The molecule has 0 radical (unpaired) electrons. The number of piperidine rings is 1. The Kier molecular flexibility index (Phi) is 8.68. The van der Waals surface area contributed by atoms with Gasteiger partial charge in [-0.3, -0.25) is 14.7 Å². The van der Waals surface area contributed by atoms with Crippen LogP contribution >= 0.6 is 0 Å². The molecular formula is C37H44F2N4O5. The summed E-state index contributed by atoms with van der Waals surface area (Å²) in [6, 6.07) is 8.05. The molecule has 2 N–H and O–H groups in total. The van der Waals surface area contributed by atoms with Gasteiger partial charge in [0.2, 0.25) is 0 Å². The highest BCUT2D eigenvalue weighted by Crippen LogP contribution is 2.45. The van der Waals surface area contributed by atoms with Gasteiger partial charge in [0.25, 0.3) is 5.56 Å². The van der Waals surface area contributed by atoms with Crippen molar-refractivity contribution < 1.29 is 28.5 Å². The number of ether oxygens (including phenoxy) is 2. The lowest BCUT2D eigenvalue weighted by Crippen LogP contribution is -2.48. The van der Waals surface area contributed by atoms with Gasteiger partial charge in [0, 0.05) is 61.5 Å². The zero-order valence-electron chi connectivity index (χ0n) is 27.9. The smallest absolute Gasteiger partial charge is 0.253 e. The molecule has 0 unspecified atom stereocenters. The van der Waals surface area contributed by atoms with Gasteiger partial charge in [0.1, 0.15) is 17.3 Å². The molecule has 2 aromatic carbocycles. The normalized spacial score (nSPS) is 24.6. The van der Waals surface area contributed by atoms with Crippen molar-refractivity contribution >= 4 is 27.4 Å². The van der Waals surface area contributed by atoms with Crippen molar-refractivity contribution in [3.63, 3.8) is 0 Å². The number of rotatable bonds is 9. The number of aliphatic hydroxyl groups is 2. The second-order valence-corrected chi connectivity index (χ2v) is 14.1. The number of anilines is 1. The predicted octanol–water partition coefficient (Wildman–Crippen LogP) is 5.38. The van der Waals surface area contributed by atoms with E-state index in [1.165, 1.54) is 13.2 Å². The third-order valence-electron chi connectivity index (χ3n) is 10.9. The maximum Gasteiger partial charge on any atom is 0.253 e. The van der Waals surface area contributed by atoms with Gasteiger partial charge in [-0.05, 0) is 92.9 Å². The standard InChI is InChI=1S/C37H44F2N4O5/c1-4-26-29(38)8-7-23-15-25(48-22-47-3)16-27(32(23)26)34-33(39)35-28(18-40-34)30(41-13-5-10-36(2,46)20-41)17-31(45)42(35)21-37-11-6-14-43(37)24(19-44)9-12-37/h7-8,15-18,24,44,46H,4-6,9-14,19-22H2,1-3H3/t24-,36+,37-/m0/s1. The van der Waals surface area contributed by atoms with Crippen LogP contribution in [0.4, 0.5) is 14.5 Å². The molecule has 0 aliphatic carbocycles. The van der Waals surface area contributed by atoms with Gasteiger partial charge >= 0.3 is 0 Å². The largest absolute Gasteiger partial charge is 0.468 e. The first kappa shape index (κ1) is 32.9. The highest BCUT2D eigenvalue weighted by atomic mass is 19.1. The van der Waals surface area contributed by atoms with Crippen LogP contribution in [0.25, 0.3) is 32.9 Å². The maximum absolute atomic E-state index is 17.6. The van der Waals surface area contributed by atoms with Gasteiger partial charge < -0.3 is 29.2 Å². The van der Waals surface area contributed by atoms with Crippen molar-refractivity contribution in [2.75, 3.05) is 45.0 Å². The molecule has 0 bridgehead atoms. The lowest BCUT2D eigenvalue weighted by molar-refractivity contribution is 0.0450. The number of β-amino-alcohol motifs (C(OH)–C–C–N with tert-alkyl or cyclic N) is 1. The summed E-state index contributed by atoms with van der Waals surface area (Å²) in [5, 5.41) is 22.8. The Hall–Kier alpha value is -3.64. The van der Waals surface area contributed by atoms with E-state index in [9.17, 15) is 15.0 Å². The molecule has 3 aliphatic rings. The third-order valence-corrected chi connectivity index (χ3v) is 10.9. The SMILES string of the molecule is CCc1c(F)ccc2cc(OCOC)cc(-c3ncc4c(N5CCC[C@@](C)(O)C5)cc(=O)n(C[C@@]56CCCN5[C@H](CO)CC6)c4c3F)c12. The van der Waals surface area contributed by atoms with Gasteiger partial charge in [-0.25, -0.2) is 8.78 Å². The van der Waals surface area contributed by atoms with Crippen LogP contribution in [0.3, 0.4) is 0 Å². The number of benzene rings is 2. The van der Waals surface area contributed by atoms with E-state index in [2.05, 4.69) is 4.90 Å². The fourth-order valence-electron chi connectivity index (χ4n) is 8.70. The molecule has 3 atom stereocenters. The zero-order valence-corrected chi connectivity index (χ0v) is 27.9. The monoisotopic (exact) mass is 662 g/mol. The molecule has 9 nitrogen and oxygen atoms in total. The summed E-state index contributed by atoms with van der Waals surface area (Å²) in [6.07, 6.45) is 6.72. The number of methoxy groups -OCH3 is 1. The Morgan fingerprint density at radius 3 is 2.67 bits per heavy atom. The number of nitrogens with zero attached hydrogens (tertiary/aromatic N) is 4. The minimum atomic E-state index is -0.958. The minimum absolute atomic E-state index is 0.00737. The third kappa shape index (κ3) is 5.54. The van der Waals surface area contributed by atoms with E-state index in [4.69, 9.17) is 14.5 Å². The molecule has 0 saturated carbocycles. The molecular weight excluding hydrogens is 618 g/mol. The van der Waals surface area contributed by atoms with Crippen LogP contribution in [0.2, 0.25) is 0 Å². The number of aliphatic hydroxyl groups excluding tert-OH is 1. The molecule has 3 saturated heterocycles. The number of hydrogen-bond acceptors (Lipinski definition) is 8. The second kappa shape index (κ2) is 12.7. The van der Waals surface area contributed by atoms with E-state index in [0.29, 0.717) is 64.7 Å². The van der Waals surface area contributed by atoms with E-state index in [-0.39, 0.29) is 48.3 Å². The molecule has 256 valence electrons. The van der Waals surface area contributed by atoms with Crippen molar-refractivity contribution in [1.82, 2.24) is 14.5 Å². The van der Waals surface area contributed by atoms with Crippen molar-refractivity contribution in [2.24, 2.45) is 0 Å². The first-order valence-electron chi connectivity index (χ1n) is 17.0. The molecule has 0 spiro atoms. The zero-order chi connectivity index (χ0) is 33.8. The number of fused-ring (bicyclic) bond motifs is 3. The topological polar surface area (TPSA) is 100 Å². The van der Waals surface area contributed by atoms with Gasteiger partial charge in [-0.15, -0.1) is 0 Å². The molecule has 11 heteroatoms. The van der Waals surface area contributed by atoms with Gasteiger partial charge in [-0.1, -0.05) is 13.0 Å². The van der Waals surface area contributed by atoms with Crippen molar-refractivity contribution in [3.05, 3.63) is 64.1 Å². The molecule has 0 amide bonds. The van der Waals surface area contributed by atoms with Gasteiger partial charge in [0.05, 0.1) is 23.4 Å². The van der Waals surface area contributed by atoms with E-state index in [0.717, 1.165) is 38.6 Å². The Labute approximate surface area is 278 Å². The van der Waals surface area contributed by atoms with Crippen LogP contribution in [0, 0.1) is 11.6 Å². The second-order valence-electron chi connectivity index (χ2n) is 14.1. The predicted molar refractivity (Wildman–Crippen MR) is 182 cm³/mol. The number of aromatic nitrogens is 2. The Balaban J connectivity index is 1.49. The van der Waals surface area contributed by atoms with Gasteiger partial charge in [-0.2, -0.15) is 0 Å². The maximum atomic E-state index is 17.6. The molecule has 48 heavy (non-hydrogen) atoms. The molecule has 4 aromatic rings. The number of halogens is 2. The average molecular weight is 663 g/mol. The van der Waals surface area contributed by atoms with Crippen LogP contribution in [0.15, 0.2) is 41.3 Å². The van der Waals surface area contributed by atoms with E-state index >= 15 is 8.78 Å². The van der Waals surface area contributed by atoms with Gasteiger partial charge in [0.15, 0.2) is 12.6 Å². The lowest BCUT2D eigenvalue weighted by Gasteiger charge is -2.39. The summed E-state index contributed by atoms with van der Waals surface area (Å²) in [6.45, 7) is 5.63. The Morgan fingerprint density at radius 1 is 1.10 bits per heavy atom. The molecule has 5 heterocycles. The quantitative estimate of drug-likeness (QED) is 0.231. The average Bonchev–Trinajstić information content (AvgIpc) is 3.63. The van der Waals surface area contributed by atoms with Crippen LogP contribution in [0.5, 0.6) is 5.75 Å². The lowest BCUT2D eigenvalue weighted by atomic mass is 9.92. The first-order chi connectivity index (χ1) is 23.1.